The van der Waals surface area contributed by atoms with E-state index in [4.69, 9.17) is 4.74 Å². The van der Waals surface area contributed by atoms with Gasteiger partial charge in [0.2, 0.25) is 11.7 Å². The van der Waals surface area contributed by atoms with E-state index in [9.17, 15) is 22.8 Å². The molecule has 0 bridgehead atoms. The Balaban J connectivity index is 1.85. The van der Waals surface area contributed by atoms with E-state index >= 15 is 0 Å². The minimum Gasteiger partial charge on any atom is -0.375 e. The van der Waals surface area contributed by atoms with E-state index in [1.807, 2.05) is 0 Å². The van der Waals surface area contributed by atoms with Crippen LogP contribution in [-0.2, 0) is 24.2 Å². The SMILES string of the molecule is COCC(=O)N1CCN(C(=O)C(=O)c2ccccc2)[C@@H]2CS(=O)(=O)C[C@@H]21. The molecule has 1 aromatic carbocycles. The Morgan fingerprint density at radius 1 is 1.04 bits per heavy atom. The van der Waals surface area contributed by atoms with Gasteiger partial charge < -0.3 is 14.5 Å². The Morgan fingerprint density at radius 3 is 2.23 bits per heavy atom. The van der Waals surface area contributed by atoms with Crippen LogP contribution in [0.5, 0.6) is 0 Å². The number of Topliss-reactive ketones (excluding diaryl/α,β-unsaturated/α-hetero) is 1. The number of hydrogen-bond donors (Lipinski definition) is 0. The minimum atomic E-state index is -3.41. The summed E-state index contributed by atoms with van der Waals surface area (Å²) in [5, 5.41) is 0. The molecule has 0 radical (unpaired) electrons. The Morgan fingerprint density at radius 2 is 1.62 bits per heavy atom. The van der Waals surface area contributed by atoms with Gasteiger partial charge >= 0.3 is 0 Å². The summed E-state index contributed by atoms with van der Waals surface area (Å²) in [7, 11) is -2.02. The first-order valence-corrected chi connectivity index (χ1v) is 10.1. The summed E-state index contributed by atoms with van der Waals surface area (Å²) >= 11 is 0. The van der Waals surface area contributed by atoms with E-state index in [2.05, 4.69) is 0 Å². The molecule has 26 heavy (non-hydrogen) atoms. The number of ether oxygens (including phenoxy) is 1. The number of methoxy groups -OCH3 is 1. The number of carbonyl (C=O) groups is 3. The quantitative estimate of drug-likeness (QED) is 0.508. The molecule has 2 aliphatic rings. The minimum absolute atomic E-state index is 0.115. The summed E-state index contributed by atoms with van der Waals surface area (Å²) < 4.78 is 29.1. The molecule has 1 aromatic rings. The van der Waals surface area contributed by atoms with E-state index in [1.165, 1.54) is 16.9 Å². The summed E-state index contributed by atoms with van der Waals surface area (Å²) in [4.78, 5) is 40.2. The van der Waals surface area contributed by atoms with Gasteiger partial charge in [0, 0.05) is 25.8 Å². The predicted octanol–water partition coefficient (Wildman–Crippen LogP) is -0.648. The first kappa shape index (κ1) is 18.5. The fraction of sp³-hybridized carbons (Fsp3) is 0.471. The molecule has 140 valence electrons. The molecule has 2 aliphatic heterocycles. The molecular weight excluding hydrogens is 360 g/mol. The zero-order chi connectivity index (χ0) is 18.9. The number of carbonyl (C=O) groups excluding carboxylic acids is 3. The number of fused-ring (bicyclic) bond motifs is 1. The average Bonchev–Trinajstić information content (AvgIpc) is 2.95. The molecule has 0 unspecified atom stereocenters. The molecule has 3 rings (SSSR count). The highest BCUT2D eigenvalue weighted by atomic mass is 32.2. The van der Waals surface area contributed by atoms with E-state index < -0.39 is 33.6 Å². The van der Waals surface area contributed by atoms with Crippen molar-refractivity contribution in [2.45, 2.75) is 12.1 Å². The second-order valence-corrected chi connectivity index (χ2v) is 8.58. The van der Waals surface area contributed by atoms with Crippen LogP contribution in [0.4, 0.5) is 0 Å². The smallest absolute Gasteiger partial charge is 0.295 e. The average molecular weight is 380 g/mol. The molecule has 2 atom stereocenters. The second-order valence-electron chi connectivity index (χ2n) is 6.43. The Kier molecular flexibility index (Phi) is 5.10. The Bertz CT molecular complexity index is 823. The van der Waals surface area contributed by atoms with Crippen molar-refractivity contribution in [2.24, 2.45) is 0 Å². The van der Waals surface area contributed by atoms with Gasteiger partial charge in [-0.2, -0.15) is 0 Å². The predicted molar refractivity (Wildman–Crippen MR) is 92.3 cm³/mol. The first-order chi connectivity index (χ1) is 12.3. The van der Waals surface area contributed by atoms with Gasteiger partial charge in [-0.15, -0.1) is 0 Å². The van der Waals surface area contributed by atoms with Crippen molar-refractivity contribution in [3.05, 3.63) is 35.9 Å². The molecule has 9 heteroatoms. The highest BCUT2D eigenvalue weighted by Crippen LogP contribution is 2.27. The van der Waals surface area contributed by atoms with Crippen molar-refractivity contribution in [3.8, 4) is 0 Å². The van der Waals surface area contributed by atoms with Gasteiger partial charge in [0.1, 0.15) is 6.61 Å². The molecular formula is C17H20N2O6S. The van der Waals surface area contributed by atoms with Crippen LogP contribution in [0.3, 0.4) is 0 Å². The Hall–Kier alpha value is -2.26. The van der Waals surface area contributed by atoms with Crippen molar-refractivity contribution in [1.29, 1.82) is 0 Å². The van der Waals surface area contributed by atoms with Crippen molar-refractivity contribution in [2.75, 3.05) is 38.3 Å². The van der Waals surface area contributed by atoms with Crippen LogP contribution < -0.4 is 0 Å². The number of piperazine rings is 1. The molecule has 0 spiro atoms. The number of amides is 2. The first-order valence-electron chi connectivity index (χ1n) is 8.23. The largest absolute Gasteiger partial charge is 0.375 e. The van der Waals surface area contributed by atoms with Crippen molar-refractivity contribution < 1.29 is 27.5 Å². The maximum atomic E-state index is 12.7. The second kappa shape index (κ2) is 7.16. The molecule has 0 aromatic heterocycles. The van der Waals surface area contributed by atoms with Gasteiger partial charge in [0.15, 0.2) is 9.84 Å². The van der Waals surface area contributed by atoms with Gasteiger partial charge in [0.05, 0.1) is 23.6 Å². The molecule has 2 amide bonds. The van der Waals surface area contributed by atoms with Gasteiger partial charge in [0.25, 0.3) is 5.91 Å². The number of nitrogens with zero attached hydrogens (tertiary/aromatic N) is 2. The van der Waals surface area contributed by atoms with Crippen LogP contribution in [0, 0.1) is 0 Å². The summed E-state index contributed by atoms with van der Waals surface area (Å²) in [5.41, 5.74) is 0.257. The lowest BCUT2D eigenvalue weighted by Crippen LogP contribution is -2.63. The highest BCUT2D eigenvalue weighted by Gasteiger charge is 2.50. The van der Waals surface area contributed by atoms with E-state index in [-0.39, 0.29) is 42.7 Å². The molecule has 2 saturated heterocycles. The third-order valence-electron chi connectivity index (χ3n) is 4.76. The van der Waals surface area contributed by atoms with Gasteiger partial charge in [-0.05, 0) is 0 Å². The van der Waals surface area contributed by atoms with E-state index in [0.29, 0.717) is 0 Å². The van der Waals surface area contributed by atoms with Crippen LogP contribution in [0.25, 0.3) is 0 Å². The fourth-order valence-electron chi connectivity index (χ4n) is 3.56. The maximum absolute atomic E-state index is 12.7. The maximum Gasteiger partial charge on any atom is 0.295 e. The monoisotopic (exact) mass is 380 g/mol. The van der Waals surface area contributed by atoms with Gasteiger partial charge in [-0.25, -0.2) is 8.42 Å². The highest BCUT2D eigenvalue weighted by molar-refractivity contribution is 7.91. The topological polar surface area (TPSA) is 101 Å². The lowest BCUT2D eigenvalue weighted by Gasteiger charge is -2.43. The summed E-state index contributed by atoms with van der Waals surface area (Å²) in [6.07, 6.45) is 0. The lowest BCUT2D eigenvalue weighted by molar-refractivity contribution is -0.145. The number of ketones is 1. The number of sulfone groups is 1. The molecule has 0 N–H and O–H groups in total. The standard InChI is InChI=1S/C17H20N2O6S/c1-25-9-15(20)18-7-8-19(14-11-26(23,24)10-13(14)18)17(22)16(21)12-5-3-2-4-6-12/h2-6,13-14H,7-11H2,1H3/t13-,14+/m0/s1. The van der Waals surface area contributed by atoms with E-state index in [1.54, 1.807) is 30.3 Å². The van der Waals surface area contributed by atoms with Gasteiger partial charge in [-0.1, -0.05) is 30.3 Å². The zero-order valence-electron chi connectivity index (χ0n) is 14.3. The van der Waals surface area contributed by atoms with Gasteiger partial charge in [-0.3, -0.25) is 14.4 Å². The van der Waals surface area contributed by atoms with Crippen LogP contribution in [-0.4, -0.2) is 86.2 Å². The molecule has 2 heterocycles. The number of benzene rings is 1. The zero-order valence-corrected chi connectivity index (χ0v) is 15.1. The third kappa shape index (κ3) is 3.49. The lowest BCUT2D eigenvalue weighted by atomic mass is 10.0. The summed E-state index contributed by atoms with van der Waals surface area (Å²) in [5.74, 6) is -2.19. The van der Waals surface area contributed by atoms with E-state index in [0.717, 1.165) is 0 Å². The van der Waals surface area contributed by atoms with Crippen LogP contribution in [0.15, 0.2) is 30.3 Å². The summed E-state index contributed by atoms with van der Waals surface area (Å²) in [6.45, 7) is 0.135. The van der Waals surface area contributed by atoms with Crippen molar-refractivity contribution in [3.63, 3.8) is 0 Å². The number of rotatable bonds is 4. The molecule has 0 saturated carbocycles. The molecule has 0 aliphatic carbocycles. The normalized spacial score (nSPS) is 24.2. The van der Waals surface area contributed by atoms with Crippen LogP contribution in [0.1, 0.15) is 10.4 Å². The van der Waals surface area contributed by atoms with Crippen molar-refractivity contribution >= 4 is 27.4 Å². The summed E-state index contributed by atoms with van der Waals surface area (Å²) in [6, 6.07) is 6.78. The number of hydrogen-bond acceptors (Lipinski definition) is 6. The van der Waals surface area contributed by atoms with Crippen LogP contribution in [0.2, 0.25) is 0 Å². The molecule has 2 fully saturated rings. The fourth-order valence-corrected chi connectivity index (χ4v) is 5.55. The van der Waals surface area contributed by atoms with Crippen LogP contribution >= 0.6 is 0 Å². The Labute approximate surface area is 151 Å². The third-order valence-corrected chi connectivity index (χ3v) is 6.45. The van der Waals surface area contributed by atoms with Crippen molar-refractivity contribution in [1.82, 2.24) is 9.80 Å². The molecule has 8 nitrogen and oxygen atoms in total.